The topological polar surface area (TPSA) is 52.7 Å². The van der Waals surface area contributed by atoms with Crippen molar-refractivity contribution in [2.75, 3.05) is 23.3 Å². The second-order valence-electron chi connectivity index (χ2n) is 6.35. The van der Waals surface area contributed by atoms with Crippen LogP contribution in [-0.2, 0) is 22.7 Å². The molecule has 2 amide bonds. The van der Waals surface area contributed by atoms with E-state index in [2.05, 4.69) is 22.3 Å². The van der Waals surface area contributed by atoms with Crippen molar-refractivity contribution in [2.45, 2.75) is 13.1 Å². The van der Waals surface area contributed by atoms with E-state index >= 15 is 0 Å². The van der Waals surface area contributed by atoms with Gasteiger partial charge < -0.3 is 5.32 Å². The van der Waals surface area contributed by atoms with Crippen LogP contribution in [0.5, 0.6) is 0 Å². The van der Waals surface area contributed by atoms with Gasteiger partial charge in [-0.2, -0.15) is 0 Å². The maximum atomic E-state index is 13.1. The van der Waals surface area contributed by atoms with Gasteiger partial charge in [0.1, 0.15) is 6.54 Å². The molecule has 0 aliphatic carbocycles. The highest BCUT2D eigenvalue weighted by atomic mass is 32.1. The number of anilines is 2. The number of thiophene rings is 2. The zero-order valence-electron chi connectivity index (χ0n) is 14.6. The van der Waals surface area contributed by atoms with E-state index in [4.69, 9.17) is 0 Å². The Morgan fingerprint density at radius 3 is 2.30 bits per heavy atom. The summed E-state index contributed by atoms with van der Waals surface area (Å²) in [4.78, 5) is 31.3. The van der Waals surface area contributed by atoms with Crippen LogP contribution in [0.1, 0.15) is 9.75 Å². The Hall–Kier alpha value is -2.48. The van der Waals surface area contributed by atoms with Crippen LogP contribution in [0.2, 0.25) is 0 Å². The lowest BCUT2D eigenvalue weighted by atomic mass is 10.2. The first-order valence-corrected chi connectivity index (χ1v) is 10.4. The van der Waals surface area contributed by atoms with Gasteiger partial charge in [-0.1, -0.05) is 24.3 Å². The van der Waals surface area contributed by atoms with Gasteiger partial charge in [0.2, 0.25) is 11.8 Å². The van der Waals surface area contributed by atoms with Gasteiger partial charge in [0.05, 0.1) is 17.9 Å². The number of benzene rings is 1. The van der Waals surface area contributed by atoms with Crippen molar-refractivity contribution in [3.63, 3.8) is 0 Å². The molecule has 0 saturated heterocycles. The second kappa shape index (κ2) is 8.04. The van der Waals surface area contributed by atoms with Gasteiger partial charge in [0.25, 0.3) is 0 Å². The van der Waals surface area contributed by atoms with Gasteiger partial charge in [-0.3, -0.25) is 19.4 Å². The molecule has 0 fully saturated rings. The van der Waals surface area contributed by atoms with Crippen molar-refractivity contribution in [3.05, 3.63) is 69.0 Å². The lowest BCUT2D eigenvalue weighted by Crippen LogP contribution is -2.46. The minimum Gasteiger partial charge on any atom is -0.323 e. The first kappa shape index (κ1) is 17.9. The molecule has 5 nitrogen and oxygen atoms in total. The highest BCUT2D eigenvalue weighted by Crippen LogP contribution is 2.29. The van der Waals surface area contributed by atoms with Crippen molar-refractivity contribution in [3.8, 4) is 0 Å². The number of carbonyl (C=O) groups excluding carboxylic acids is 2. The van der Waals surface area contributed by atoms with Crippen molar-refractivity contribution in [2.24, 2.45) is 0 Å². The summed E-state index contributed by atoms with van der Waals surface area (Å²) < 4.78 is 0. The molecule has 0 saturated carbocycles. The van der Waals surface area contributed by atoms with Gasteiger partial charge in [0.15, 0.2) is 0 Å². The maximum Gasteiger partial charge on any atom is 0.244 e. The molecule has 1 aliphatic heterocycles. The fourth-order valence-corrected chi connectivity index (χ4v) is 4.64. The van der Waals surface area contributed by atoms with E-state index < -0.39 is 0 Å². The van der Waals surface area contributed by atoms with Crippen molar-refractivity contribution >= 4 is 45.9 Å². The summed E-state index contributed by atoms with van der Waals surface area (Å²) in [6.45, 7) is 1.74. The molecule has 0 spiro atoms. The molecule has 4 rings (SSSR count). The number of para-hydroxylation sites is 2. The van der Waals surface area contributed by atoms with E-state index in [1.807, 2.05) is 47.2 Å². The number of hydrogen-bond acceptors (Lipinski definition) is 5. The fourth-order valence-electron chi connectivity index (χ4n) is 3.15. The highest BCUT2D eigenvalue weighted by molar-refractivity contribution is 7.10. The summed E-state index contributed by atoms with van der Waals surface area (Å²) in [6, 6.07) is 15.6. The predicted octanol–water partition coefficient (Wildman–Crippen LogP) is 3.80. The van der Waals surface area contributed by atoms with Crippen molar-refractivity contribution in [1.82, 2.24) is 4.90 Å². The third-order valence-electron chi connectivity index (χ3n) is 4.35. The Morgan fingerprint density at radius 1 is 1.00 bits per heavy atom. The molecule has 3 heterocycles. The first-order chi connectivity index (χ1) is 13.2. The average Bonchev–Trinajstić information content (AvgIpc) is 3.35. The van der Waals surface area contributed by atoms with Crippen LogP contribution in [0.4, 0.5) is 11.4 Å². The van der Waals surface area contributed by atoms with Crippen LogP contribution in [0.25, 0.3) is 0 Å². The maximum absolute atomic E-state index is 13.1. The third-order valence-corrected chi connectivity index (χ3v) is 6.07. The summed E-state index contributed by atoms with van der Waals surface area (Å²) in [6.07, 6.45) is 0. The van der Waals surface area contributed by atoms with Gasteiger partial charge >= 0.3 is 0 Å². The van der Waals surface area contributed by atoms with Crippen LogP contribution in [0, 0.1) is 0 Å². The predicted molar refractivity (Wildman–Crippen MR) is 110 cm³/mol. The molecular formula is C20H19N3O2S2. The summed E-state index contributed by atoms with van der Waals surface area (Å²) in [7, 11) is 0. The zero-order chi connectivity index (χ0) is 18.6. The molecule has 138 valence electrons. The quantitative estimate of drug-likeness (QED) is 0.688. The highest BCUT2D eigenvalue weighted by Gasteiger charge is 2.27. The molecule has 0 unspecified atom stereocenters. The summed E-state index contributed by atoms with van der Waals surface area (Å²) in [5, 5.41) is 6.92. The van der Waals surface area contributed by atoms with Crippen LogP contribution < -0.4 is 10.2 Å². The Labute approximate surface area is 165 Å². The van der Waals surface area contributed by atoms with Crippen molar-refractivity contribution < 1.29 is 9.59 Å². The summed E-state index contributed by atoms with van der Waals surface area (Å²) in [5.74, 6) is -0.226. The monoisotopic (exact) mass is 397 g/mol. The van der Waals surface area contributed by atoms with Gasteiger partial charge in [0, 0.05) is 22.8 Å². The summed E-state index contributed by atoms with van der Waals surface area (Å²) in [5.41, 5.74) is 1.44. The Kier molecular flexibility index (Phi) is 5.33. The normalized spacial score (nSPS) is 13.5. The molecule has 3 aromatic rings. The number of rotatable bonds is 6. The van der Waals surface area contributed by atoms with E-state index in [9.17, 15) is 9.59 Å². The third kappa shape index (κ3) is 4.27. The Morgan fingerprint density at radius 2 is 1.67 bits per heavy atom. The molecule has 7 heteroatoms. The van der Waals surface area contributed by atoms with E-state index in [1.165, 1.54) is 9.75 Å². The largest absolute Gasteiger partial charge is 0.323 e. The number of nitrogens with one attached hydrogen (secondary N) is 1. The fraction of sp³-hybridized carbons (Fsp3) is 0.200. The molecule has 1 N–H and O–H groups in total. The van der Waals surface area contributed by atoms with Gasteiger partial charge in [-0.05, 0) is 35.0 Å². The molecule has 0 radical (unpaired) electrons. The second-order valence-corrected chi connectivity index (χ2v) is 8.41. The number of carbonyl (C=O) groups is 2. The van der Waals surface area contributed by atoms with Crippen LogP contribution in [0.3, 0.4) is 0 Å². The Balaban J connectivity index is 1.53. The molecule has 1 aromatic carbocycles. The molecule has 1 aliphatic rings. The number of amides is 2. The minimum absolute atomic E-state index is 0.0572. The van der Waals surface area contributed by atoms with E-state index in [1.54, 1.807) is 27.6 Å². The van der Waals surface area contributed by atoms with Crippen LogP contribution in [0.15, 0.2) is 59.3 Å². The van der Waals surface area contributed by atoms with E-state index in [-0.39, 0.29) is 24.9 Å². The van der Waals surface area contributed by atoms with Gasteiger partial charge in [-0.15, -0.1) is 22.7 Å². The Bertz CT molecular complexity index is 886. The number of fused-ring (bicyclic) bond motifs is 1. The standard InChI is InChI=1S/C20H19N3O2S2/c24-19-13-23(18-8-2-1-7-17(18)21-19)20(25)14-22(11-15-5-3-9-26-15)12-16-6-4-10-27-16/h1-10H,11-14H2,(H,21,24). The van der Waals surface area contributed by atoms with Crippen molar-refractivity contribution in [1.29, 1.82) is 0 Å². The lowest BCUT2D eigenvalue weighted by molar-refractivity contribution is -0.122. The zero-order valence-corrected chi connectivity index (χ0v) is 16.3. The number of hydrogen-bond donors (Lipinski definition) is 1. The molecular weight excluding hydrogens is 378 g/mol. The number of nitrogens with zero attached hydrogens (tertiary/aromatic N) is 2. The molecule has 2 aromatic heterocycles. The average molecular weight is 398 g/mol. The molecule has 0 bridgehead atoms. The smallest absolute Gasteiger partial charge is 0.244 e. The van der Waals surface area contributed by atoms with E-state index in [0.29, 0.717) is 18.8 Å². The summed E-state index contributed by atoms with van der Waals surface area (Å²) >= 11 is 3.38. The minimum atomic E-state index is -0.162. The molecule has 27 heavy (non-hydrogen) atoms. The lowest BCUT2D eigenvalue weighted by Gasteiger charge is -2.31. The van der Waals surface area contributed by atoms with E-state index in [0.717, 1.165) is 5.69 Å². The van der Waals surface area contributed by atoms with Crippen LogP contribution in [-0.4, -0.2) is 29.8 Å². The van der Waals surface area contributed by atoms with Gasteiger partial charge in [-0.25, -0.2) is 0 Å². The van der Waals surface area contributed by atoms with Crippen LogP contribution >= 0.6 is 22.7 Å². The first-order valence-electron chi connectivity index (χ1n) is 8.65. The molecule has 0 atom stereocenters. The SMILES string of the molecule is O=C1CN(C(=O)CN(Cc2cccs2)Cc2cccs2)c2ccccc2N1.